The monoisotopic (exact) mass is 417 g/mol. The second kappa shape index (κ2) is 8.44. The van der Waals surface area contributed by atoms with Crippen molar-refractivity contribution in [2.45, 2.75) is 6.54 Å². The molecular formula is C25H20FNO4. The van der Waals surface area contributed by atoms with Crippen molar-refractivity contribution < 1.29 is 18.7 Å². The van der Waals surface area contributed by atoms with Crippen LogP contribution in [0.4, 0.5) is 4.39 Å². The molecule has 1 aromatic heterocycles. The van der Waals surface area contributed by atoms with Crippen molar-refractivity contribution in [1.29, 1.82) is 0 Å². The van der Waals surface area contributed by atoms with Crippen LogP contribution in [0, 0.1) is 5.82 Å². The number of hydrogen-bond donors (Lipinski definition) is 0. The van der Waals surface area contributed by atoms with Crippen LogP contribution < -0.4 is 14.9 Å². The number of carbonyl (C=O) groups excluding carboxylic acids is 1. The molecule has 0 fully saturated rings. The molecule has 6 heteroatoms. The predicted octanol–water partition coefficient (Wildman–Crippen LogP) is 4.44. The molecule has 0 amide bonds. The molecule has 0 radical (unpaired) electrons. The van der Waals surface area contributed by atoms with Gasteiger partial charge in [-0.05, 0) is 23.8 Å². The van der Waals surface area contributed by atoms with Crippen molar-refractivity contribution in [1.82, 2.24) is 4.57 Å². The number of carbonyl (C=O) groups is 1. The Bertz CT molecular complexity index is 1330. The number of benzene rings is 3. The molecule has 0 atom stereocenters. The van der Waals surface area contributed by atoms with Gasteiger partial charge in [0, 0.05) is 24.4 Å². The minimum absolute atomic E-state index is 0.0299. The first kappa shape index (κ1) is 20.3. The molecule has 0 aliphatic rings. The molecular weight excluding hydrogens is 397 g/mol. The number of halogens is 1. The van der Waals surface area contributed by atoms with Crippen LogP contribution in [0.15, 0.2) is 77.7 Å². The van der Waals surface area contributed by atoms with E-state index in [0.717, 1.165) is 0 Å². The molecule has 0 saturated heterocycles. The number of hydrogen-bond acceptors (Lipinski definition) is 4. The van der Waals surface area contributed by atoms with Gasteiger partial charge >= 0.3 is 0 Å². The summed E-state index contributed by atoms with van der Waals surface area (Å²) in [6, 6.07) is 18.1. The van der Waals surface area contributed by atoms with Crippen molar-refractivity contribution in [3.63, 3.8) is 0 Å². The summed E-state index contributed by atoms with van der Waals surface area (Å²) in [4.78, 5) is 26.4. The van der Waals surface area contributed by atoms with E-state index in [1.165, 1.54) is 32.5 Å². The van der Waals surface area contributed by atoms with Gasteiger partial charge in [-0.25, -0.2) is 4.39 Å². The normalized spacial score (nSPS) is 10.8. The van der Waals surface area contributed by atoms with Gasteiger partial charge in [0.1, 0.15) is 5.82 Å². The maximum atomic E-state index is 13.7. The van der Waals surface area contributed by atoms with E-state index in [9.17, 15) is 14.0 Å². The second-order valence-electron chi connectivity index (χ2n) is 7.05. The molecule has 31 heavy (non-hydrogen) atoms. The molecule has 156 valence electrons. The lowest BCUT2D eigenvalue weighted by molar-refractivity contribution is 0.103. The van der Waals surface area contributed by atoms with Crippen LogP contribution in [0.25, 0.3) is 10.9 Å². The van der Waals surface area contributed by atoms with E-state index in [0.29, 0.717) is 33.5 Å². The fraction of sp³-hybridized carbons (Fsp3) is 0.120. The smallest absolute Gasteiger partial charge is 0.200 e. The van der Waals surface area contributed by atoms with Crippen molar-refractivity contribution in [2.24, 2.45) is 0 Å². The third kappa shape index (κ3) is 3.92. The Kier molecular flexibility index (Phi) is 5.54. The first-order valence-electron chi connectivity index (χ1n) is 9.65. The van der Waals surface area contributed by atoms with E-state index in [4.69, 9.17) is 9.47 Å². The Morgan fingerprint density at radius 2 is 1.65 bits per heavy atom. The van der Waals surface area contributed by atoms with Gasteiger partial charge in [0.15, 0.2) is 17.3 Å². The maximum absolute atomic E-state index is 13.7. The van der Waals surface area contributed by atoms with Gasteiger partial charge in [-0.15, -0.1) is 0 Å². The number of ether oxygens (including phenoxy) is 2. The molecule has 1 heterocycles. The van der Waals surface area contributed by atoms with Gasteiger partial charge in [-0.3, -0.25) is 9.59 Å². The Labute approximate surface area is 178 Å². The Morgan fingerprint density at radius 3 is 2.32 bits per heavy atom. The zero-order valence-corrected chi connectivity index (χ0v) is 17.1. The van der Waals surface area contributed by atoms with Crippen LogP contribution in [0.3, 0.4) is 0 Å². The lowest BCUT2D eigenvalue weighted by Gasteiger charge is -2.16. The van der Waals surface area contributed by atoms with E-state index in [-0.39, 0.29) is 23.7 Å². The molecule has 0 N–H and O–H groups in total. The third-order valence-electron chi connectivity index (χ3n) is 5.11. The number of nitrogens with zero attached hydrogens (tertiary/aromatic N) is 1. The average Bonchev–Trinajstić information content (AvgIpc) is 2.80. The number of aromatic nitrogens is 1. The lowest BCUT2D eigenvalue weighted by atomic mass is 10.0. The van der Waals surface area contributed by atoms with Crippen molar-refractivity contribution in [3.05, 3.63) is 106 Å². The molecule has 4 aromatic rings. The van der Waals surface area contributed by atoms with Gasteiger partial charge in [-0.1, -0.05) is 42.5 Å². The summed E-state index contributed by atoms with van der Waals surface area (Å²) in [6.45, 7) is 0.263. The summed E-state index contributed by atoms with van der Waals surface area (Å²) in [7, 11) is 2.99. The van der Waals surface area contributed by atoms with Gasteiger partial charge < -0.3 is 14.0 Å². The summed E-state index contributed by atoms with van der Waals surface area (Å²) in [5.74, 6) is 0.0937. The molecule has 0 aliphatic heterocycles. The second-order valence-corrected chi connectivity index (χ2v) is 7.05. The summed E-state index contributed by atoms with van der Waals surface area (Å²) in [5, 5.41) is 0.316. The average molecular weight is 417 g/mol. The maximum Gasteiger partial charge on any atom is 0.200 e. The lowest BCUT2D eigenvalue weighted by Crippen LogP contribution is -2.20. The first-order valence-corrected chi connectivity index (χ1v) is 9.65. The quantitative estimate of drug-likeness (QED) is 0.436. The Morgan fingerprint density at radius 1 is 0.935 bits per heavy atom. The molecule has 4 rings (SSSR count). The van der Waals surface area contributed by atoms with Gasteiger partial charge in [0.05, 0.1) is 30.7 Å². The molecule has 0 aliphatic carbocycles. The first-order chi connectivity index (χ1) is 15.0. The van der Waals surface area contributed by atoms with Gasteiger partial charge in [0.25, 0.3) is 0 Å². The summed E-state index contributed by atoms with van der Waals surface area (Å²) >= 11 is 0. The van der Waals surface area contributed by atoms with Crippen LogP contribution in [0.2, 0.25) is 0 Å². The zero-order valence-electron chi connectivity index (χ0n) is 17.1. The largest absolute Gasteiger partial charge is 0.493 e. The fourth-order valence-electron chi connectivity index (χ4n) is 3.59. The highest BCUT2D eigenvalue weighted by Crippen LogP contribution is 2.31. The highest BCUT2D eigenvalue weighted by atomic mass is 19.1. The number of ketones is 1. The Balaban J connectivity index is 1.97. The van der Waals surface area contributed by atoms with E-state index in [1.807, 2.05) is 0 Å². The molecule has 0 unspecified atom stereocenters. The minimum Gasteiger partial charge on any atom is -0.493 e. The summed E-state index contributed by atoms with van der Waals surface area (Å²) in [6.07, 6.45) is 1.52. The van der Waals surface area contributed by atoms with Gasteiger partial charge in [-0.2, -0.15) is 0 Å². The summed E-state index contributed by atoms with van der Waals surface area (Å²) < 4.78 is 26.2. The zero-order chi connectivity index (χ0) is 22.0. The number of rotatable bonds is 6. The number of pyridine rings is 1. The SMILES string of the molecule is COc1cc2c(=O)c(C(=O)c3ccccc3)cn(Cc3cccc(F)c3)c2cc1OC. The number of fused-ring (bicyclic) bond motifs is 1. The Hall–Kier alpha value is -3.93. The minimum atomic E-state index is -0.403. The molecule has 0 saturated carbocycles. The summed E-state index contributed by atoms with van der Waals surface area (Å²) in [5.41, 5.74) is 1.29. The van der Waals surface area contributed by atoms with Crippen LogP contribution in [-0.2, 0) is 6.54 Å². The van der Waals surface area contributed by atoms with Crippen LogP contribution in [-0.4, -0.2) is 24.6 Å². The predicted molar refractivity (Wildman–Crippen MR) is 117 cm³/mol. The number of methoxy groups -OCH3 is 2. The fourth-order valence-corrected chi connectivity index (χ4v) is 3.59. The van der Waals surface area contributed by atoms with Crippen molar-refractivity contribution >= 4 is 16.7 Å². The molecule has 0 bridgehead atoms. The highest BCUT2D eigenvalue weighted by Gasteiger charge is 2.19. The molecule has 3 aromatic carbocycles. The van der Waals surface area contributed by atoms with E-state index >= 15 is 0 Å². The van der Waals surface area contributed by atoms with Crippen molar-refractivity contribution in [2.75, 3.05) is 14.2 Å². The van der Waals surface area contributed by atoms with Crippen LogP contribution in [0.5, 0.6) is 11.5 Å². The van der Waals surface area contributed by atoms with E-state index < -0.39 is 5.43 Å². The van der Waals surface area contributed by atoms with E-state index in [1.54, 1.807) is 59.2 Å². The molecule has 5 nitrogen and oxygen atoms in total. The van der Waals surface area contributed by atoms with Gasteiger partial charge in [0.2, 0.25) is 5.43 Å². The standard InChI is InChI=1S/C25H20FNO4/c1-30-22-12-19-21(13-23(22)31-2)27(14-16-7-6-10-18(26)11-16)15-20(25(19)29)24(28)17-8-4-3-5-9-17/h3-13,15H,14H2,1-2H3. The van der Waals surface area contributed by atoms with Crippen molar-refractivity contribution in [3.8, 4) is 11.5 Å². The van der Waals surface area contributed by atoms with E-state index in [2.05, 4.69) is 0 Å². The topological polar surface area (TPSA) is 57.5 Å². The highest BCUT2D eigenvalue weighted by molar-refractivity contribution is 6.10. The van der Waals surface area contributed by atoms with Crippen LogP contribution >= 0.6 is 0 Å². The van der Waals surface area contributed by atoms with Crippen LogP contribution in [0.1, 0.15) is 21.5 Å². The third-order valence-corrected chi connectivity index (χ3v) is 5.11. The molecule has 0 spiro atoms.